The molecular formula is C19H26N4O. The Balaban J connectivity index is 1.60. The Morgan fingerprint density at radius 3 is 2.79 bits per heavy atom. The van der Waals surface area contributed by atoms with E-state index >= 15 is 0 Å². The molecule has 5 heteroatoms. The van der Waals surface area contributed by atoms with Gasteiger partial charge in [0.05, 0.1) is 6.20 Å². The number of amides is 1. The Hall–Kier alpha value is -2.14. The van der Waals surface area contributed by atoms with Crippen LogP contribution in [0.1, 0.15) is 42.6 Å². The van der Waals surface area contributed by atoms with E-state index in [1.165, 1.54) is 31.5 Å². The Bertz CT molecular complexity index is 677. The van der Waals surface area contributed by atoms with Gasteiger partial charge in [0.2, 0.25) is 0 Å². The monoisotopic (exact) mass is 326 g/mol. The van der Waals surface area contributed by atoms with Crippen molar-refractivity contribution in [3.05, 3.63) is 47.7 Å². The third-order valence-electron chi connectivity index (χ3n) is 4.62. The SMILES string of the molecule is CCn1nccc1NC(=O)c1ccc(CN2CCC[C@H](C)C2)cc1. The lowest BCUT2D eigenvalue weighted by Crippen LogP contribution is -2.33. The quantitative estimate of drug-likeness (QED) is 0.916. The largest absolute Gasteiger partial charge is 0.307 e. The second-order valence-electron chi connectivity index (χ2n) is 6.67. The van der Waals surface area contributed by atoms with Crippen LogP contribution in [0.4, 0.5) is 5.82 Å². The number of hydrogen-bond donors (Lipinski definition) is 1. The molecule has 1 aliphatic heterocycles. The first kappa shape index (κ1) is 16.7. The number of hydrogen-bond acceptors (Lipinski definition) is 3. The molecule has 1 N–H and O–H groups in total. The number of aromatic nitrogens is 2. The molecule has 1 fully saturated rings. The minimum atomic E-state index is -0.0941. The number of piperidine rings is 1. The first-order valence-corrected chi connectivity index (χ1v) is 8.80. The van der Waals surface area contributed by atoms with Crippen molar-refractivity contribution in [2.75, 3.05) is 18.4 Å². The van der Waals surface area contributed by atoms with Gasteiger partial charge in [0.25, 0.3) is 5.91 Å². The highest BCUT2D eigenvalue weighted by atomic mass is 16.1. The molecule has 1 atom stereocenters. The van der Waals surface area contributed by atoms with Crippen molar-refractivity contribution in [1.29, 1.82) is 0 Å². The molecule has 128 valence electrons. The number of likely N-dealkylation sites (tertiary alicyclic amines) is 1. The van der Waals surface area contributed by atoms with Gasteiger partial charge in [0, 0.05) is 31.3 Å². The summed E-state index contributed by atoms with van der Waals surface area (Å²) in [6, 6.07) is 9.75. The summed E-state index contributed by atoms with van der Waals surface area (Å²) in [6.45, 7) is 8.36. The van der Waals surface area contributed by atoms with Crippen LogP contribution in [-0.4, -0.2) is 33.7 Å². The van der Waals surface area contributed by atoms with E-state index in [4.69, 9.17) is 0 Å². The maximum absolute atomic E-state index is 12.4. The van der Waals surface area contributed by atoms with Gasteiger partial charge >= 0.3 is 0 Å². The van der Waals surface area contributed by atoms with E-state index in [1.807, 2.05) is 25.1 Å². The summed E-state index contributed by atoms with van der Waals surface area (Å²) < 4.78 is 1.77. The van der Waals surface area contributed by atoms with E-state index in [-0.39, 0.29) is 5.91 Å². The summed E-state index contributed by atoms with van der Waals surface area (Å²) in [6.07, 6.45) is 4.32. The maximum atomic E-state index is 12.4. The second kappa shape index (κ2) is 7.62. The number of benzene rings is 1. The summed E-state index contributed by atoms with van der Waals surface area (Å²) in [5.74, 6) is 1.42. The highest BCUT2D eigenvalue weighted by molar-refractivity contribution is 6.03. The van der Waals surface area contributed by atoms with Gasteiger partial charge in [0.15, 0.2) is 0 Å². The summed E-state index contributed by atoms with van der Waals surface area (Å²) in [5.41, 5.74) is 1.94. The number of aryl methyl sites for hydroxylation is 1. The zero-order valence-corrected chi connectivity index (χ0v) is 14.5. The second-order valence-corrected chi connectivity index (χ2v) is 6.67. The van der Waals surface area contributed by atoms with Crippen molar-refractivity contribution in [2.24, 2.45) is 5.92 Å². The summed E-state index contributed by atoms with van der Waals surface area (Å²) in [7, 11) is 0. The third-order valence-corrected chi connectivity index (χ3v) is 4.62. The molecule has 3 rings (SSSR count). The summed E-state index contributed by atoms with van der Waals surface area (Å²) in [4.78, 5) is 14.9. The van der Waals surface area contributed by atoms with E-state index in [0.29, 0.717) is 5.56 Å². The molecule has 0 bridgehead atoms. The lowest BCUT2D eigenvalue weighted by molar-refractivity contribution is 0.102. The highest BCUT2D eigenvalue weighted by Gasteiger charge is 2.16. The van der Waals surface area contributed by atoms with Crippen LogP contribution in [-0.2, 0) is 13.1 Å². The van der Waals surface area contributed by atoms with Crippen molar-refractivity contribution >= 4 is 11.7 Å². The zero-order chi connectivity index (χ0) is 16.9. The molecule has 2 heterocycles. The number of rotatable bonds is 5. The minimum Gasteiger partial charge on any atom is -0.307 e. The third kappa shape index (κ3) is 4.03. The normalized spacial score (nSPS) is 18.5. The van der Waals surface area contributed by atoms with Crippen molar-refractivity contribution in [3.8, 4) is 0 Å². The highest BCUT2D eigenvalue weighted by Crippen LogP contribution is 2.18. The predicted molar refractivity (Wildman–Crippen MR) is 96.0 cm³/mol. The average Bonchev–Trinajstić information content (AvgIpc) is 3.02. The van der Waals surface area contributed by atoms with Crippen LogP contribution in [0.15, 0.2) is 36.5 Å². The standard InChI is InChI=1S/C19H26N4O/c1-3-23-18(10-11-20-23)21-19(24)17-8-6-16(7-9-17)14-22-12-4-5-15(2)13-22/h6-11,15H,3-5,12-14H2,1-2H3,(H,21,24)/t15-/m0/s1. The number of carbonyl (C=O) groups excluding carboxylic acids is 1. The predicted octanol–water partition coefficient (Wildman–Crippen LogP) is 3.39. The van der Waals surface area contributed by atoms with Gasteiger partial charge in [-0.1, -0.05) is 19.1 Å². The van der Waals surface area contributed by atoms with Crippen LogP contribution in [0.2, 0.25) is 0 Å². The Morgan fingerprint density at radius 2 is 2.08 bits per heavy atom. The van der Waals surface area contributed by atoms with Gasteiger partial charge < -0.3 is 5.32 Å². The molecule has 1 amide bonds. The Labute approximate surface area is 143 Å². The van der Waals surface area contributed by atoms with Crippen LogP contribution >= 0.6 is 0 Å². The van der Waals surface area contributed by atoms with Crippen LogP contribution in [0.5, 0.6) is 0 Å². The van der Waals surface area contributed by atoms with Crippen LogP contribution in [0.3, 0.4) is 0 Å². The van der Waals surface area contributed by atoms with Crippen molar-refractivity contribution < 1.29 is 4.79 Å². The molecule has 0 radical (unpaired) electrons. The van der Waals surface area contributed by atoms with Gasteiger partial charge in [-0.15, -0.1) is 0 Å². The average molecular weight is 326 g/mol. The zero-order valence-electron chi connectivity index (χ0n) is 14.5. The molecular weight excluding hydrogens is 300 g/mol. The smallest absolute Gasteiger partial charge is 0.256 e. The van der Waals surface area contributed by atoms with Crippen molar-refractivity contribution in [1.82, 2.24) is 14.7 Å². The fourth-order valence-electron chi connectivity index (χ4n) is 3.33. The number of nitrogens with one attached hydrogen (secondary N) is 1. The van der Waals surface area contributed by atoms with Gasteiger partial charge in [-0.05, 0) is 49.9 Å². The van der Waals surface area contributed by atoms with E-state index in [0.717, 1.165) is 24.8 Å². The van der Waals surface area contributed by atoms with Gasteiger partial charge in [-0.25, -0.2) is 4.68 Å². The van der Waals surface area contributed by atoms with Crippen LogP contribution in [0.25, 0.3) is 0 Å². The lowest BCUT2D eigenvalue weighted by atomic mass is 9.99. The van der Waals surface area contributed by atoms with Crippen LogP contribution < -0.4 is 5.32 Å². The lowest BCUT2D eigenvalue weighted by Gasteiger charge is -2.30. The molecule has 1 aromatic carbocycles. The molecule has 0 aliphatic carbocycles. The Morgan fingerprint density at radius 1 is 1.29 bits per heavy atom. The molecule has 0 unspecified atom stereocenters. The number of nitrogens with zero attached hydrogens (tertiary/aromatic N) is 3. The Kier molecular flexibility index (Phi) is 5.30. The van der Waals surface area contributed by atoms with E-state index in [9.17, 15) is 4.79 Å². The molecule has 2 aromatic rings. The molecule has 0 saturated carbocycles. The number of carbonyl (C=O) groups is 1. The van der Waals surface area contributed by atoms with Crippen molar-refractivity contribution in [3.63, 3.8) is 0 Å². The molecule has 1 aromatic heterocycles. The molecule has 0 spiro atoms. The van der Waals surface area contributed by atoms with Crippen molar-refractivity contribution in [2.45, 2.75) is 39.8 Å². The molecule has 1 aliphatic rings. The molecule has 1 saturated heterocycles. The first-order chi connectivity index (χ1) is 11.7. The van der Waals surface area contributed by atoms with E-state index in [1.54, 1.807) is 10.9 Å². The van der Waals surface area contributed by atoms with Gasteiger partial charge in [0.1, 0.15) is 5.82 Å². The maximum Gasteiger partial charge on any atom is 0.256 e. The van der Waals surface area contributed by atoms with Gasteiger partial charge in [-0.3, -0.25) is 9.69 Å². The van der Waals surface area contributed by atoms with E-state index < -0.39 is 0 Å². The summed E-state index contributed by atoms with van der Waals surface area (Å²) in [5, 5.41) is 7.08. The summed E-state index contributed by atoms with van der Waals surface area (Å²) >= 11 is 0. The molecule has 24 heavy (non-hydrogen) atoms. The van der Waals surface area contributed by atoms with Crippen LogP contribution in [0, 0.1) is 5.92 Å². The van der Waals surface area contributed by atoms with Gasteiger partial charge in [-0.2, -0.15) is 5.10 Å². The number of anilines is 1. The topological polar surface area (TPSA) is 50.2 Å². The minimum absolute atomic E-state index is 0.0941. The first-order valence-electron chi connectivity index (χ1n) is 8.80. The molecule has 5 nitrogen and oxygen atoms in total. The van der Waals surface area contributed by atoms with E-state index in [2.05, 4.69) is 34.4 Å². The fourth-order valence-corrected chi connectivity index (χ4v) is 3.33. The fraction of sp³-hybridized carbons (Fsp3) is 0.474.